The number of carbonyl (C=O) groups is 3. The fourth-order valence-corrected chi connectivity index (χ4v) is 5.94. The van der Waals surface area contributed by atoms with Crippen LogP contribution in [0.2, 0.25) is 0 Å². The fourth-order valence-electron chi connectivity index (χ4n) is 4.86. The Morgan fingerprint density at radius 3 is 2.35 bits per heavy atom. The van der Waals surface area contributed by atoms with E-state index in [0.717, 1.165) is 44.3 Å². The zero-order valence-corrected chi connectivity index (χ0v) is 19.2. The largest absolute Gasteiger partial charge is 0.447 e. The van der Waals surface area contributed by atoms with Crippen molar-refractivity contribution in [1.29, 1.82) is 0 Å². The lowest BCUT2D eigenvalue weighted by Gasteiger charge is -2.42. The van der Waals surface area contributed by atoms with E-state index in [-0.39, 0.29) is 23.9 Å². The highest BCUT2D eigenvalue weighted by Crippen LogP contribution is 2.37. The van der Waals surface area contributed by atoms with Crippen LogP contribution in [0.5, 0.6) is 0 Å². The number of nitrogens with zero attached hydrogens (tertiary/aromatic N) is 3. The third kappa shape index (κ3) is 4.57. The average molecular weight is 449 g/mol. The number of thiophene rings is 1. The lowest BCUT2D eigenvalue weighted by Crippen LogP contribution is -2.55. The van der Waals surface area contributed by atoms with Crippen LogP contribution in [0.25, 0.3) is 0 Å². The monoisotopic (exact) mass is 448 g/mol. The van der Waals surface area contributed by atoms with E-state index in [0.29, 0.717) is 54.1 Å². The van der Waals surface area contributed by atoms with E-state index in [4.69, 9.17) is 10.5 Å². The van der Waals surface area contributed by atoms with Crippen LogP contribution in [0.4, 0.5) is 9.80 Å². The first-order valence-electron chi connectivity index (χ1n) is 11.3. The molecule has 2 aliphatic heterocycles. The summed E-state index contributed by atoms with van der Waals surface area (Å²) < 4.78 is 5.30. The van der Waals surface area contributed by atoms with Gasteiger partial charge in [0.2, 0.25) is 0 Å². The third-order valence-corrected chi connectivity index (χ3v) is 7.61. The average Bonchev–Trinajstić information content (AvgIpc) is 3.10. The molecule has 0 radical (unpaired) electrons. The normalized spacial score (nSPS) is 20.8. The van der Waals surface area contributed by atoms with Crippen molar-refractivity contribution in [3.63, 3.8) is 0 Å². The number of piperazine rings is 1. The number of piperidine rings is 1. The smallest absolute Gasteiger partial charge is 0.410 e. The predicted octanol–water partition coefficient (Wildman–Crippen LogP) is 2.62. The van der Waals surface area contributed by atoms with Gasteiger partial charge in [0.25, 0.3) is 5.91 Å². The van der Waals surface area contributed by atoms with Crippen molar-refractivity contribution in [2.75, 3.05) is 45.0 Å². The molecule has 1 aliphatic carbocycles. The Bertz CT molecular complexity index is 852. The topological polar surface area (TPSA) is 96.2 Å². The van der Waals surface area contributed by atoms with Gasteiger partial charge < -0.3 is 20.3 Å². The lowest BCUT2D eigenvalue weighted by atomic mass is 9.94. The van der Waals surface area contributed by atoms with Gasteiger partial charge in [-0.25, -0.2) is 4.79 Å². The van der Waals surface area contributed by atoms with E-state index in [2.05, 4.69) is 4.90 Å². The van der Waals surface area contributed by atoms with Crippen LogP contribution in [0.1, 0.15) is 65.1 Å². The number of Topliss-reactive ketones (excluding diaryl/α,β-unsaturated/α-hetero) is 1. The summed E-state index contributed by atoms with van der Waals surface area (Å²) in [6, 6.07) is 0.428. The molecule has 31 heavy (non-hydrogen) atoms. The van der Waals surface area contributed by atoms with Crippen LogP contribution in [0, 0.1) is 0 Å². The van der Waals surface area contributed by atoms with Gasteiger partial charge in [0.05, 0.1) is 21.5 Å². The summed E-state index contributed by atoms with van der Waals surface area (Å²) in [4.78, 5) is 44.3. The number of hydrogen-bond acceptors (Lipinski definition) is 7. The lowest BCUT2D eigenvalue weighted by molar-refractivity contribution is 0.0359. The summed E-state index contributed by atoms with van der Waals surface area (Å²) in [6.45, 7) is 8.10. The number of rotatable bonds is 3. The molecule has 2 saturated heterocycles. The van der Waals surface area contributed by atoms with Gasteiger partial charge in [0, 0.05) is 51.7 Å². The Balaban J connectivity index is 1.31. The molecule has 0 bridgehead atoms. The molecule has 0 unspecified atom stereocenters. The van der Waals surface area contributed by atoms with Crippen LogP contribution in [-0.4, -0.2) is 83.9 Å². The van der Waals surface area contributed by atoms with Crippen LogP contribution in [0.15, 0.2) is 0 Å². The van der Waals surface area contributed by atoms with Crippen molar-refractivity contribution in [3.05, 3.63) is 16.0 Å². The molecule has 9 heteroatoms. The van der Waals surface area contributed by atoms with Crippen LogP contribution >= 0.6 is 11.3 Å². The van der Waals surface area contributed by atoms with Crippen molar-refractivity contribution in [2.24, 2.45) is 0 Å². The van der Waals surface area contributed by atoms with E-state index in [1.807, 2.05) is 18.7 Å². The standard InChI is InChI=1S/C22H32N4O4S/c1-14(2)30-22(29)26-8-6-15(7-9-26)24-10-12-25(13-11-24)21(28)18-16-4-3-5-17(27)19(16)31-20(18)23/h14-15H,3-13,23H2,1-2H3. The first-order chi connectivity index (χ1) is 14.8. The van der Waals surface area contributed by atoms with Gasteiger partial charge in [-0.2, -0.15) is 0 Å². The van der Waals surface area contributed by atoms with Gasteiger partial charge >= 0.3 is 6.09 Å². The molecule has 170 valence electrons. The molecule has 4 rings (SSSR count). The summed E-state index contributed by atoms with van der Waals surface area (Å²) in [5, 5.41) is 0.480. The van der Waals surface area contributed by atoms with Crippen molar-refractivity contribution < 1.29 is 19.1 Å². The molecule has 0 aromatic carbocycles. The second-order valence-electron chi connectivity index (χ2n) is 8.90. The number of nitrogens with two attached hydrogens (primary N) is 1. The highest BCUT2D eigenvalue weighted by atomic mass is 32.1. The summed E-state index contributed by atoms with van der Waals surface area (Å²) in [5.41, 5.74) is 7.60. The van der Waals surface area contributed by atoms with Gasteiger partial charge in [-0.3, -0.25) is 14.5 Å². The number of ether oxygens (including phenoxy) is 1. The van der Waals surface area contributed by atoms with Crippen molar-refractivity contribution >= 4 is 34.1 Å². The molecule has 8 nitrogen and oxygen atoms in total. The summed E-state index contributed by atoms with van der Waals surface area (Å²) in [6.07, 6.45) is 3.62. The maximum absolute atomic E-state index is 13.2. The van der Waals surface area contributed by atoms with Crippen molar-refractivity contribution in [2.45, 2.75) is 58.1 Å². The predicted molar refractivity (Wildman–Crippen MR) is 120 cm³/mol. The number of carbonyl (C=O) groups excluding carboxylic acids is 3. The Hall–Kier alpha value is -2.13. The Morgan fingerprint density at radius 2 is 1.71 bits per heavy atom. The van der Waals surface area contributed by atoms with E-state index >= 15 is 0 Å². The molecule has 1 aromatic heterocycles. The molecular formula is C22H32N4O4S. The number of hydrogen-bond donors (Lipinski definition) is 1. The molecule has 2 amide bonds. The molecule has 0 atom stereocenters. The second kappa shape index (κ2) is 9.16. The zero-order valence-electron chi connectivity index (χ0n) is 18.4. The Morgan fingerprint density at radius 1 is 1.03 bits per heavy atom. The molecule has 0 spiro atoms. The minimum absolute atomic E-state index is 0.0319. The molecule has 1 aromatic rings. The van der Waals surface area contributed by atoms with Gasteiger partial charge in [-0.15, -0.1) is 11.3 Å². The van der Waals surface area contributed by atoms with Crippen molar-refractivity contribution in [3.8, 4) is 0 Å². The Kier molecular flexibility index (Phi) is 6.52. The maximum atomic E-state index is 13.2. The number of amides is 2. The molecule has 2 fully saturated rings. The van der Waals surface area contributed by atoms with Gasteiger partial charge in [-0.1, -0.05) is 0 Å². The summed E-state index contributed by atoms with van der Waals surface area (Å²) in [5.74, 6) is 0.0843. The fraction of sp³-hybridized carbons (Fsp3) is 0.682. The summed E-state index contributed by atoms with van der Waals surface area (Å²) in [7, 11) is 0. The van der Waals surface area contributed by atoms with E-state index in [1.54, 1.807) is 4.90 Å². The van der Waals surface area contributed by atoms with Crippen LogP contribution in [0.3, 0.4) is 0 Å². The van der Waals surface area contributed by atoms with E-state index < -0.39 is 0 Å². The SMILES string of the molecule is CC(C)OC(=O)N1CCC(N2CCN(C(=O)c3c(N)sc4c3CCCC4=O)CC2)CC1. The quantitative estimate of drug-likeness (QED) is 0.764. The summed E-state index contributed by atoms with van der Waals surface area (Å²) >= 11 is 1.27. The molecule has 2 N–H and O–H groups in total. The van der Waals surface area contributed by atoms with E-state index in [9.17, 15) is 14.4 Å². The first kappa shape index (κ1) is 22.1. The highest BCUT2D eigenvalue weighted by Gasteiger charge is 2.34. The second-order valence-corrected chi connectivity index (χ2v) is 9.96. The minimum Gasteiger partial charge on any atom is -0.447 e. The molecule has 3 aliphatic rings. The number of fused-ring (bicyclic) bond motifs is 1. The molecular weight excluding hydrogens is 416 g/mol. The molecule has 0 saturated carbocycles. The highest BCUT2D eigenvalue weighted by molar-refractivity contribution is 7.18. The number of anilines is 1. The molecule has 3 heterocycles. The van der Waals surface area contributed by atoms with Crippen LogP contribution < -0.4 is 5.73 Å². The third-order valence-electron chi connectivity index (χ3n) is 6.51. The van der Waals surface area contributed by atoms with Crippen molar-refractivity contribution in [1.82, 2.24) is 14.7 Å². The Labute approximate surface area is 187 Å². The van der Waals surface area contributed by atoms with Gasteiger partial charge in [-0.05, 0) is 45.1 Å². The first-order valence-corrected chi connectivity index (χ1v) is 12.1. The van der Waals surface area contributed by atoms with Gasteiger partial charge in [0.15, 0.2) is 5.78 Å². The number of likely N-dealkylation sites (tertiary alicyclic amines) is 1. The maximum Gasteiger partial charge on any atom is 0.410 e. The van der Waals surface area contributed by atoms with Crippen LogP contribution in [-0.2, 0) is 11.2 Å². The number of nitrogen functional groups attached to an aromatic ring is 1. The van der Waals surface area contributed by atoms with Gasteiger partial charge in [0.1, 0.15) is 0 Å². The zero-order chi connectivity index (χ0) is 22.1. The minimum atomic E-state index is -0.223. The van der Waals surface area contributed by atoms with E-state index in [1.165, 1.54) is 11.3 Å². The number of ketones is 1.